The Balaban J connectivity index is 1.47. The van der Waals surface area contributed by atoms with Gasteiger partial charge in [0.1, 0.15) is 11.6 Å². The summed E-state index contributed by atoms with van der Waals surface area (Å²) in [6.45, 7) is 2.32. The fraction of sp³-hybridized carbons (Fsp3) is 0.179. The van der Waals surface area contributed by atoms with E-state index in [1.165, 1.54) is 12.0 Å². The van der Waals surface area contributed by atoms with Gasteiger partial charge < -0.3 is 25.5 Å². The van der Waals surface area contributed by atoms with Crippen LogP contribution in [0.25, 0.3) is 10.9 Å². The minimum absolute atomic E-state index is 0.0310. The molecule has 1 aromatic heterocycles. The highest BCUT2D eigenvalue weighted by Crippen LogP contribution is 2.25. The third-order valence-electron chi connectivity index (χ3n) is 5.89. The van der Waals surface area contributed by atoms with Gasteiger partial charge in [0.15, 0.2) is 0 Å². The van der Waals surface area contributed by atoms with Crippen LogP contribution in [0.5, 0.6) is 5.75 Å². The number of nitrogens with two attached hydrogens (primary N) is 1. The zero-order valence-corrected chi connectivity index (χ0v) is 20.7. The first-order chi connectivity index (χ1) is 17.8. The third kappa shape index (κ3) is 6.26. The minimum Gasteiger partial charge on any atom is -0.469 e. The van der Waals surface area contributed by atoms with Gasteiger partial charge in [-0.05, 0) is 67.6 Å². The van der Waals surface area contributed by atoms with Crippen molar-refractivity contribution in [2.45, 2.75) is 25.9 Å². The van der Waals surface area contributed by atoms with E-state index in [2.05, 4.69) is 10.3 Å². The van der Waals surface area contributed by atoms with Crippen molar-refractivity contribution in [3.8, 4) is 5.75 Å². The van der Waals surface area contributed by atoms with Crippen LogP contribution in [0.2, 0.25) is 0 Å². The molecule has 0 saturated carbocycles. The average molecular weight is 500 g/mol. The highest BCUT2D eigenvalue weighted by atomic mass is 16.6. The van der Waals surface area contributed by atoms with E-state index >= 15 is 0 Å². The van der Waals surface area contributed by atoms with Crippen molar-refractivity contribution >= 4 is 40.2 Å². The molecule has 1 atom stereocenters. The van der Waals surface area contributed by atoms with Crippen LogP contribution in [0.4, 0.5) is 16.2 Å². The molecule has 190 valence electrons. The summed E-state index contributed by atoms with van der Waals surface area (Å²) in [6.07, 6.45) is -0.557. The van der Waals surface area contributed by atoms with Crippen LogP contribution in [0.1, 0.15) is 24.6 Å². The molecule has 9 heteroatoms. The van der Waals surface area contributed by atoms with E-state index in [1.54, 1.807) is 43.3 Å². The predicted molar refractivity (Wildman–Crippen MR) is 144 cm³/mol. The first-order valence-electron chi connectivity index (χ1n) is 11.8. The number of amidine groups is 1. The summed E-state index contributed by atoms with van der Waals surface area (Å²) in [6, 6.07) is 23.3. The zero-order valence-electron chi connectivity index (χ0n) is 20.7. The second kappa shape index (κ2) is 11.3. The number of nitrogens with one attached hydrogen (secondary N) is 3. The SMILES string of the molecule is COC(=O)CC(C)N(C(=O)Oc1ccc2[nH]c(CNc3ccc(C(=N)N)cc3)cc2c1)c1ccccc1. The summed E-state index contributed by atoms with van der Waals surface area (Å²) >= 11 is 0. The van der Waals surface area contributed by atoms with E-state index in [4.69, 9.17) is 20.6 Å². The maximum atomic E-state index is 13.2. The number of carbonyl (C=O) groups excluding carboxylic acids is 2. The highest BCUT2D eigenvalue weighted by Gasteiger charge is 2.26. The number of nitrogen functional groups attached to an aromatic ring is 1. The molecule has 1 unspecified atom stereocenters. The summed E-state index contributed by atoms with van der Waals surface area (Å²) in [7, 11) is 1.32. The maximum absolute atomic E-state index is 13.2. The molecule has 0 aliphatic heterocycles. The summed E-state index contributed by atoms with van der Waals surface area (Å²) < 4.78 is 10.5. The number of esters is 1. The molecular weight excluding hydrogens is 470 g/mol. The largest absolute Gasteiger partial charge is 0.469 e. The Hall–Kier alpha value is -4.79. The summed E-state index contributed by atoms with van der Waals surface area (Å²) in [5, 5.41) is 11.7. The van der Waals surface area contributed by atoms with Crippen molar-refractivity contribution < 1.29 is 19.1 Å². The lowest BCUT2D eigenvalue weighted by atomic mass is 10.2. The van der Waals surface area contributed by atoms with Crippen molar-refractivity contribution in [2.75, 3.05) is 17.3 Å². The summed E-state index contributed by atoms with van der Waals surface area (Å²) in [5.41, 5.74) is 9.56. The van der Waals surface area contributed by atoms with Crippen molar-refractivity contribution in [2.24, 2.45) is 5.73 Å². The molecule has 4 aromatic rings. The number of H-pyrrole nitrogens is 1. The van der Waals surface area contributed by atoms with Gasteiger partial charge in [0.05, 0.1) is 20.1 Å². The number of nitrogens with zero attached hydrogens (tertiary/aromatic N) is 1. The number of benzene rings is 3. The van der Waals surface area contributed by atoms with Gasteiger partial charge in [-0.2, -0.15) is 0 Å². The highest BCUT2D eigenvalue weighted by molar-refractivity contribution is 5.95. The molecule has 0 spiro atoms. The molecule has 0 saturated heterocycles. The van der Waals surface area contributed by atoms with Gasteiger partial charge in [0.2, 0.25) is 0 Å². The number of methoxy groups -OCH3 is 1. The lowest BCUT2D eigenvalue weighted by Crippen LogP contribution is -2.42. The fourth-order valence-electron chi connectivity index (χ4n) is 3.99. The Kier molecular flexibility index (Phi) is 7.73. The van der Waals surface area contributed by atoms with E-state index in [0.717, 1.165) is 22.3 Å². The van der Waals surface area contributed by atoms with E-state index in [0.29, 0.717) is 23.5 Å². The molecule has 3 aromatic carbocycles. The number of amides is 1. The predicted octanol–water partition coefficient (Wildman–Crippen LogP) is 5.02. The van der Waals surface area contributed by atoms with Crippen LogP contribution in [0.15, 0.2) is 78.9 Å². The second-order valence-corrected chi connectivity index (χ2v) is 8.59. The number of anilines is 2. The Morgan fingerprint density at radius 3 is 2.46 bits per heavy atom. The molecule has 1 amide bonds. The lowest BCUT2D eigenvalue weighted by molar-refractivity contribution is -0.140. The lowest BCUT2D eigenvalue weighted by Gasteiger charge is -2.27. The molecule has 0 radical (unpaired) electrons. The van der Waals surface area contributed by atoms with E-state index in [9.17, 15) is 9.59 Å². The number of rotatable bonds is 9. The van der Waals surface area contributed by atoms with Gasteiger partial charge in [-0.1, -0.05) is 18.2 Å². The molecule has 9 nitrogen and oxygen atoms in total. The molecule has 0 bridgehead atoms. The molecule has 37 heavy (non-hydrogen) atoms. The Labute approximate surface area is 214 Å². The van der Waals surface area contributed by atoms with Gasteiger partial charge in [-0.3, -0.25) is 15.1 Å². The number of fused-ring (bicyclic) bond motifs is 1. The molecule has 0 aliphatic rings. The maximum Gasteiger partial charge on any atom is 0.420 e. The first-order valence-corrected chi connectivity index (χ1v) is 11.8. The molecule has 4 rings (SSSR count). The number of para-hydroxylation sites is 1. The first kappa shape index (κ1) is 25.3. The molecule has 1 heterocycles. The average Bonchev–Trinajstić information content (AvgIpc) is 3.30. The van der Waals surface area contributed by atoms with Crippen LogP contribution in [0.3, 0.4) is 0 Å². The second-order valence-electron chi connectivity index (χ2n) is 8.59. The van der Waals surface area contributed by atoms with Gasteiger partial charge in [0, 0.05) is 39.6 Å². The smallest absolute Gasteiger partial charge is 0.420 e. The van der Waals surface area contributed by atoms with Crippen LogP contribution in [-0.2, 0) is 16.1 Å². The number of aromatic nitrogens is 1. The van der Waals surface area contributed by atoms with Crippen LogP contribution >= 0.6 is 0 Å². The Morgan fingerprint density at radius 2 is 1.78 bits per heavy atom. The van der Waals surface area contributed by atoms with Gasteiger partial charge >= 0.3 is 12.1 Å². The normalized spacial score (nSPS) is 11.5. The molecule has 0 aliphatic carbocycles. The number of carbonyl (C=O) groups is 2. The summed E-state index contributed by atoms with van der Waals surface area (Å²) in [4.78, 5) is 29.9. The van der Waals surface area contributed by atoms with Gasteiger partial charge in [-0.25, -0.2) is 4.79 Å². The minimum atomic E-state index is -0.589. The van der Waals surface area contributed by atoms with Crippen molar-refractivity contribution in [1.29, 1.82) is 5.41 Å². The molecule has 5 N–H and O–H groups in total. The topological polar surface area (TPSA) is 134 Å². The fourth-order valence-corrected chi connectivity index (χ4v) is 3.99. The quantitative estimate of drug-likeness (QED) is 0.145. The monoisotopic (exact) mass is 499 g/mol. The van der Waals surface area contributed by atoms with Gasteiger partial charge in [-0.15, -0.1) is 0 Å². The van der Waals surface area contributed by atoms with Crippen molar-refractivity contribution in [1.82, 2.24) is 4.98 Å². The number of hydrogen-bond acceptors (Lipinski definition) is 6. The standard InChI is InChI=1S/C28H29N5O4/c1-18(14-26(34)36-2)33(23-6-4-3-5-7-23)28(35)37-24-12-13-25-20(16-24)15-22(32-25)17-31-21-10-8-19(9-11-21)27(29)30/h3-13,15-16,18,31-32H,14,17H2,1-2H3,(H3,29,30). The van der Waals surface area contributed by atoms with Crippen LogP contribution < -0.4 is 20.7 Å². The third-order valence-corrected chi connectivity index (χ3v) is 5.89. The van der Waals surface area contributed by atoms with Crippen LogP contribution in [0, 0.1) is 5.41 Å². The molecular formula is C28H29N5O4. The van der Waals surface area contributed by atoms with Crippen molar-refractivity contribution in [3.63, 3.8) is 0 Å². The van der Waals surface area contributed by atoms with E-state index in [-0.39, 0.29) is 12.3 Å². The summed E-state index contributed by atoms with van der Waals surface area (Å²) in [5.74, 6) is 0.0106. The Morgan fingerprint density at radius 1 is 1.05 bits per heavy atom. The van der Waals surface area contributed by atoms with Crippen molar-refractivity contribution in [3.05, 3.63) is 90.1 Å². The molecule has 0 fully saturated rings. The van der Waals surface area contributed by atoms with Gasteiger partial charge in [0.25, 0.3) is 0 Å². The number of ether oxygens (including phenoxy) is 2. The van der Waals surface area contributed by atoms with E-state index < -0.39 is 18.1 Å². The zero-order chi connectivity index (χ0) is 26.4. The van der Waals surface area contributed by atoms with Crippen LogP contribution in [-0.4, -0.2) is 36.0 Å². The van der Waals surface area contributed by atoms with E-state index in [1.807, 2.05) is 42.5 Å². The number of hydrogen-bond donors (Lipinski definition) is 4. The number of aromatic amines is 1. The Bertz CT molecular complexity index is 1400.